The van der Waals surface area contributed by atoms with E-state index in [-0.39, 0.29) is 11.9 Å². The maximum atomic E-state index is 12.6. The summed E-state index contributed by atoms with van der Waals surface area (Å²) < 4.78 is 0. The third-order valence-corrected chi connectivity index (χ3v) is 3.48. The van der Waals surface area contributed by atoms with Gasteiger partial charge in [0.25, 0.3) is 5.91 Å². The molecule has 18 heavy (non-hydrogen) atoms. The van der Waals surface area contributed by atoms with Gasteiger partial charge in [0.15, 0.2) is 0 Å². The van der Waals surface area contributed by atoms with Crippen LogP contribution in [0.5, 0.6) is 0 Å². The summed E-state index contributed by atoms with van der Waals surface area (Å²) in [5.41, 5.74) is 8.22. The summed E-state index contributed by atoms with van der Waals surface area (Å²) in [5, 5.41) is 0. The van der Waals surface area contributed by atoms with Crippen molar-refractivity contribution in [2.24, 2.45) is 5.92 Å². The predicted molar refractivity (Wildman–Crippen MR) is 74.5 cm³/mol. The molecule has 0 heterocycles. The highest BCUT2D eigenvalue weighted by Gasteiger charge is 2.29. The van der Waals surface area contributed by atoms with Gasteiger partial charge >= 0.3 is 0 Å². The van der Waals surface area contributed by atoms with Crippen LogP contribution in [0.2, 0.25) is 0 Å². The van der Waals surface area contributed by atoms with E-state index in [1.807, 2.05) is 30.0 Å². The van der Waals surface area contributed by atoms with E-state index in [1.54, 1.807) is 0 Å². The first kappa shape index (κ1) is 12.9. The lowest BCUT2D eigenvalue weighted by atomic mass is 10.1. The molecule has 1 amide bonds. The largest absolute Gasteiger partial charge is 0.398 e. The van der Waals surface area contributed by atoms with Crippen molar-refractivity contribution in [1.29, 1.82) is 0 Å². The van der Waals surface area contributed by atoms with E-state index in [4.69, 9.17) is 5.73 Å². The van der Waals surface area contributed by atoms with E-state index in [0.717, 1.165) is 12.1 Å². The molecule has 0 aromatic heterocycles. The lowest BCUT2D eigenvalue weighted by Crippen LogP contribution is -2.38. The SMILES string of the molecule is Cc1ccc(N)c(C(=O)N(CC2CC2)C(C)C)c1. The van der Waals surface area contributed by atoms with E-state index in [1.165, 1.54) is 12.8 Å². The van der Waals surface area contributed by atoms with E-state index in [2.05, 4.69) is 13.8 Å². The summed E-state index contributed by atoms with van der Waals surface area (Å²) >= 11 is 0. The Hall–Kier alpha value is -1.51. The summed E-state index contributed by atoms with van der Waals surface area (Å²) in [6, 6.07) is 5.86. The molecule has 0 unspecified atom stereocenters. The number of carbonyl (C=O) groups excluding carboxylic acids is 1. The molecule has 0 aliphatic heterocycles. The number of nitrogens with zero attached hydrogens (tertiary/aromatic N) is 1. The minimum absolute atomic E-state index is 0.0677. The van der Waals surface area contributed by atoms with Crippen LogP contribution in [0.25, 0.3) is 0 Å². The highest BCUT2D eigenvalue weighted by molar-refractivity contribution is 5.99. The first-order valence-electron chi connectivity index (χ1n) is 6.66. The van der Waals surface area contributed by atoms with Gasteiger partial charge in [-0.3, -0.25) is 4.79 Å². The Balaban J connectivity index is 2.23. The Labute approximate surface area is 109 Å². The molecule has 1 fully saturated rings. The van der Waals surface area contributed by atoms with E-state index in [9.17, 15) is 4.79 Å². The number of nitrogens with two attached hydrogens (primary N) is 1. The maximum absolute atomic E-state index is 12.6. The molecule has 0 radical (unpaired) electrons. The normalized spacial score (nSPS) is 14.9. The van der Waals surface area contributed by atoms with Crippen molar-refractivity contribution in [3.05, 3.63) is 29.3 Å². The molecule has 3 nitrogen and oxygen atoms in total. The Morgan fingerprint density at radius 3 is 2.67 bits per heavy atom. The van der Waals surface area contributed by atoms with Crippen LogP contribution in [0.4, 0.5) is 5.69 Å². The third-order valence-electron chi connectivity index (χ3n) is 3.48. The number of amides is 1. The molecule has 1 aromatic carbocycles. The Kier molecular flexibility index (Phi) is 3.60. The van der Waals surface area contributed by atoms with Gasteiger partial charge in [0.2, 0.25) is 0 Å². The number of nitrogen functional groups attached to an aromatic ring is 1. The number of hydrogen-bond acceptors (Lipinski definition) is 2. The van der Waals surface area contributed by atoms with Gasteiger partial charge in [-0.1, -0.05) is 11.6 Å². The molecule has 98 valence electrons. The van der Waals surface area contributed by atoms with Crippen LogP contribution < -0.4 is 5.73 Å². The third kappa shape index (κ3) is 2.84. The summed E-state index contributed by atoms with van der Waals surface area (Å²) in [6.45, 7) is 6.97. The van der Waals surface area contributed by atoms with Crippen LogP contribution in [-0.2, 0) is 0 Å². The van der Waals surface area contributed by atoms with Crippen molar-refractivity contribution in [2.75, 3.05) is 12.3 Å². The summed E-state index contributed by atoms with van der Waals surface area (Å²) in [7, 11) is 0. The molecule has 2 N–H and O–H groups in total. The van der Waals surface area contributed by atoms with Gasteiger partial charge in [0.1, 0.15) is 0 Å². The summed E-state index contributed by atoms with van der Waals surface area (Å²) in [4.78, 5) is 14.5. The average Bonchev–Trinajstić information content (AvgIpc) is 3.12. The molecule has 0 spiro atoms. The van der Waals surface area contributed by atoms with Crippen LogP contribution in [0.15, 0.2) is 18.2 Å². The van der Waals surface area contributed by atoms with Gasteiger partial charge in [-0.25, -0.2) is 0 Å². The van der Waals surface area contributed by atoms with Gasteiger partial charge in [-0.05, 0) is 51.7 Å². The summed E-state index contributed by atoms with van der Waals surface area (Å²) in [5.74, 6) is 0.764. The Morgan fingerprint density at radius 1 is 1.44 bits per heavy atom. The van der Waals surface area contributed by atoms with Crippen LogP contribution in [0.1, 0.15) is 42.6 Å². The molecule has 3 heteroatoms. The minimum Gasteiger partial charge on any atom is -0.398 e. The number of carbonyl (C=O) groups is 1. The molecule has 1 aliphatic rings. The minimum atomic E-state index is 0.0677. The Morgan fingerprint density at radius 2 is 2.11 bits per heavy atom. The van der Waals surface area contributed by atoms with E-state index < -0.39 is 0 Å². The highest BCUT2D eigenvalue weighted by atomic mass is 16.2. The van der Waals surface area contributed by atoms with Crippen molar-refractivity contribution < 1.29 is 4.79 Å². The van der Waals surface area contributed by atoms with Gasteiger partial charge < -0.3 is 10.6 Å². The van der Waals surface area contributed by atoms with Crippen LogP contribution in [0, 0.1) is 12.8 Å². The Bertz CT molecular complexity index is 450. The fourth-order valence-electron chi connectivity index (χ4n) is 2.12. The first-order valence-corrected chi connectivity index (χ1v) is 6.66. The monoisotopic (exact) mass is 246 g/mol. The topological polar surface area (TPSA) is 46.3 Å². The molecule has 1 saturated carbocycles. The molecule has 0 bridgehead atoms. The van der Waals surface area contributed by atoms with Crippen LogP contribution in [0.3, 0.4) is 0 Å². The number of aryl methyl sites for hydroxylation is 1. The second-order valence-corrected chi connectivity index (χ2v) is 5.59. The molecule has 1 aliphatic carbocycles. The fourth-order valence-corrected chi connectivity index (χ4v) is 2.12. The molecule has 0 atom stereocenters. The van der Waals surface area contributed by atoms with Crippen molar-refractivity contribution in [3.63, 3.8) is 0 Å². The first-order chi connectivity index (χ1) is 8.49. The zero-order chi connectivity index (χ0) is 13.3. The zero-order valence-corrected chi connectivity index (χ0v) is 11.4. The lowest BCUT2D eigenvalue weighted by molar-refractivity contribution is 0.0697. The van der Waals surface area contributed by atoms with Crippen molar-refractivity contribution in [3.8, 4) is 0 Å². The van der Waals surface area contributed by atoms with Gasteiger partial charge in [-0.2, -0.15) is 0 Å². The average molecular weight is 246 g/mol. The van der Waals surface area contributed by atoms with Gasteiger partial charge in [0, 0.05) is 18.3 Å². The van der Waals surface area contributed by atoms with Gasteiger partial charge in [-0.15, -0.1) is 0 Å². The lowest BCUT2D eigenvalue weighted by Gasteiger charge is -2.27. The van der Waals surface area contributed by atoms with E-state index >= 15 is 0 Å². The van der Waals surface area contributed by atoms with Crippen molar-refractivity contribution in [1.82, 2.24) is 4.90 Å². The number of anilines is 1. The predicted octanol–water partition coefficient (Wildman–Crippen LogP) is 2.84. The second kappa shape index (κ2) is 5.01. The summed E-state index contributed by atoms with van der Waals surface area (Å²) in [6.07, 6.45) is 2.50. The van der Waals surface area contributed by atoms with Crippen LogP contribution in [-0.4, -0.2) is 23.4 Å². The molecular weight excluding hydrogens is 224 g/mol. The molecule has 2 rings (SSSR count). The van der Waals surface area contributed by atoms with Gasteiger partial charge in [0.05, 0.1) is 5.56 Å². The van der Waals surface area contributed by atoms with Crippen molar-refractivity contribution >= 4 is 11.6 Å². The van der Waals surface area contributed by atoms with E-state index in [0.29, 0.717) is 17.2 Å². The van der Waals surface area contributed by atoms with Crippen molar-refractivity contribution in [2.45, 2.75) is 39.7 Å². The number of hydrogen-bond donors (Lipinski definition) is 1. The quantitative estimate of drug-likeness (QED) is 0.830. The maximum Gasteiger partial charge on any atom is 0.256 e. The molecular formula is C15H22N2O. The second-order valence-electron chi connectivity index (χ2n) is 5.59. The molecule has 1 aromatic rings. The fraction of sp³-hybridized carbons (Fsp3) is 0.533. The standard InChI is InChI=1S/C15H22N2O/c1-10(2)17(9-12-5-6-12)15(18)13-8-11(3)4-7-14(13)16/h4,7-8,10,12H,5-6,9,16H2,1-3H3. The number of rotatable bonds is 4. The highest BCUT2D eigenvalue weighted by Crippen LogP contribution is 2.31. The zero-order valence-electron chi connectivity index (χ0n) is 11.4. The number of benzene rings is 1. The van der Waals surface area contributed by atoms with Crippen LogP contribution >= 0.6 is 0 Å². The molecule has 0 saturated heterocycles. The smallest absolute Gasteiger partial charge is 0.256 e.